The molecule has 0 bridgehead atoms. The minimum atomic E-state index is -0.222. The minimum Gasteiger partial charge on any atom is -0.390 e. The van der Waals surface area contributed by atoms with E-state index in [0.29, 0.717) is 0 Å². The fraction of sp³-hybridized carbons (Fsp3) is 0.417. The standard InChI is InChI=1S/C12H17NO/c1-10-6-5-7-11(8-10)9-13-14-12(2,3)4/h5-9H,1-4H3/b13-9+. The molecule has 0 saturated carbocycles. The Kier molecular flexibility index (Phi) is 3.28. The maximum absolute atomic E-state index is 5.24. The largest absolute Gasteiger partial charge is 0.390 e. The number of benzene rings is 1. The molecule has 0 radical (unpaired) electrons. The van der Waals surface area contributed by atoms with Crippen molar-refractivity contribution in [2.75, 3.05) is 0 Å². The Morgan fingerprint density at radius 3 is 2.57 bits per heavy atom. The van der Waals surface area contributed by atoms with Crippen molar-refractivity contribution in [2.24, 2.45) is 5.16 Å². The predicted molar refractivity (Wildman–Crippen MR) is 59.6 cm³/mol. The van der Waals surface area contributed by atoms with Crippen LogP contribution in [-0.4, -0.2) is 11.8 Å². The topological polar surface area (TPSA) is 21.6 Å². The van der Waals surface area contributed by atoms with Crippen LogP contribution in [-0.2, 0) is 4.84 Å². The second kappa shape index (κ2) is 4.27. The van der Waals surface area contributed by atoms with Gasteiger partial charge in [-0.2, -0.15) is 0 Å². The fourth-order valence-corrected chi connectivity index (χ4v) is 0.996. The molecule has 14 heavy (non-hydrogen) atoms. The van der Waals surface area contributed by atoms with Crippen molar-refractivity contribution >= 4 is 6.21 Å². The van der Waals surface area contributed by atoms with Gasteiger partial charge >= 0.3 is 0 Å². The van der Waals surface area contributed by atoms with E-state index in [9.17, 15) is 0 Å². The van der Waals surface area contributed by atoms with Gasteiger partial charge in [0.05, 0.1) is 6.21 Å². The average Bonchev–Trinajstić information content (AvgIpc) is 2.01. The van der Waals surface area contributed by atoms with Crippen LogP contribution >= 0.6 is 0 Å². The highest BCUT2D eigenvalue weighted by Gasteiger charge is 2.08. The van der Waals surface area contributed by atoms with Crippen LogP contribution in [0.2, 0.25) is 0 Å². The monoisotopic (exact) mass is 191 g/mol. The highest BCUT2D eigenvalue weighted by atomic mass is 16.6. The second-order valence-corrected chi connectivity index (χ2v) is 4.35. The quantitative estimate of drug-likeness (QED) is 0.520. The maximum atomic E-state index is 5.24. The van der Waals surface area contributed by atoms with E-state index in [4.69, 9.17) is 4.84 Å². The second-order valence-electron chi connectivity index (χ2n) is 4.35. The lowest BCUT2D eigenvalue weighted by atomic mass is 10.2. The smallest absolute Gasteiger partial charge is 0.129 e. The van der Waals surface area contributed by atoms with Crippen LogP contribution in [0.5, 0.6) is 0 Å². The van der Waals surface area contributed by atoms with Gasteiger partial charge in [0.2, 0.25) is 0 Å². The van der Waals surface area contributed by atoms with Crippen LogP contribution in [0.3, 0.4) is 0 Å². The molecular weight excluding hydrogens is 174 g/mol. The number of nitrogens with zero attached hydrogens (tertiary/aromatic N) is 1. The normalized spacial score (nSPS) is 12.0. The summed E-state index contributed by atoms with van der Waals surface area (Å²) in [6.07, 6.45) is 1.73. The summed E-state index contributed by atoms with van der Waals surface area (Å²) in [5.74, 6) is 0. The number of hydrogen-bond donors (Lipinski definition) is 0. The van der Waals surface area contributed by atoms with E-state index in [0.717, 1.165) is 5.56 Å². The van der Waals surface area contributed by atoms with E-state index in [1.54, 1.807) is 6.21 Å². The summed E-state index contributed by atoms with van der Waals surface area (Å²) in [4.78, 5) is 5.24. The zero-order valence-corrected chi connectivity index (χ0v) is 9.24. The van der Waals surface area contributed by atoms with Gasteiger partial charge < -0.3 is 4.84 Å². The van der Waals surface area contributed by atoms with Crippen molar-refractivity contribution < 1.29 is 4.84 Å². The molecule has 2 heteroatoms. The van der Waals surface area contributed by atoms with Gasteiger partial charge in [-0.15, -0.1) is 0 Å². The summed E-state index contributed by atoms with van der Waals surface area (Å²) in [6.45, 7) is 7.98. The Balaban J connectivity index is 2.61. The van der Waals surface area contributed by atoms with Crippen molar-refractivity contribution in [2.45, 2.75) is 33.3 Å². The van der Waals surface area contributed by atoms with Crippen LogP contribution in [0.25, 0.3) is 0 Å². The first kappa shape index (κ1) is 10.8. The van der Waals surface area contributed by atoms with Gasteiger partial charge in [-0.3, -0.25) is 0 Å². The van der Waals surface area contributed by atoms with Crippen LogP contribution in [0.15, 0.2) is 29.4 Å². The molecule has 1 rings (SSSR count). The molecule has 0 saturated heterocycles. The summed E-state index contributed by atoms with van der Waals surface area (Å²) in [5.41, 5.74) is 2.07. The molecule has 0 aliphatic rings. The first-order valence-electron chi connectivity index (χ1n) is 4.75. The van der Waals surface area contributed by atoms with Crippen molar-refractivity contribution in [1.82, 2.24) is 0 Å². The molecule has 0 aromatic heterocycles. The first-order chi connectivity index (χ1) is 6.47. The summed E-state index contributed by atoms with van der Waals surface area (Å²) >= 11 is 0. The predicted octanol–water partition coefficient (Wildman–Crippen LogP) is 3.14. The Bertz CT molecular complexity index is 323. The molecule has 0 spiro atoms. The lowest BCUT2D eigenvalue weighted by Gasteiger charge is -2.14. The molecule has 0 atom stereocenters. The summed E-state index contributed by atoms with van der Waals surface area (Å²) < 4.78 is 0. The zero-order valence-electron chi connectivity index (χ0n) is 9.24. The molecule has 1 aromatic rings. The highest BCUT2D eigenvalue weighted by molar-refractivity contribution is 5.79. The Labute approximate surface area is 85.6 Å². The molecule has 0 unspecified atom stereocenters. The Hall–Kier alpha value is -1.31. The zero-order chi connectivity index (χ0) is 10.6. The van der Waals surface area contributed by atoms with Crippen molar-refractivity contribution in [1.29, 1.82) is 0 Å². The van der Waals surface area contributed by atoms with E-state index in [1.165, 1.54) is 5.56 Å². The Morgan fingerprint density at radius 2 is 2.00 bits per heavy atom. The van der Waals surface area contributed by atoms with Gasteiger partial charge in [-0.1, -0.05) is 35.0 Å². The number of oxime groups is 1. The molecule has 76 valence electrons. The molecule has 0 heterocycles. The molecule has 0 aliphatic carbocycles. The van der Waals surface area contributed by atoms with Crippen LogP contribution < -0.4 is 0 Å². The summed E-state index contributed by atoms with van der Waals surface area (Å²) in [5, 5.41) is 3.93. The van der Waals surface area contributed by atoms with E-state index >= 15 is 0 Å². The third-order valence-electron chi connectivity index (χ3n) is 1.57. The molecule has 0 aliphatic heterocycles. The number of aryl methyl sites for hydroxylation is 1. The Morgan fingerprint density at radius 1 is 1.29 bits per heavy atom. The van der Waals surface area contributed by atoms with E-state index in [2.05, 4.69) is 24.2 Å². The SMILES string of the molecule is Cc1cccc(/C=N/OC(C)(C)C)c1. The average molecular weight is 191 g/mol. The van der Waals surface area contributed by atoms with Crippen molar-refractivity contribution in [3.8, 4) is 0 Å². The summed E-state index contributed by atoms with van der Waals surface area (Å²) in [6, 6.07) is 8.13. The highest BCUT2D eigenvalue weighted by Crippen LogP contribution is 2.07. The third kappa shape index (κ3) is 4.08. The van der Waals surface area contributed by atoms with Crippen LogP contribution in [0.4, 0.5) is 0 Å². The van der Waals surface area contributed by atoms with Gasteiger partial charge in [0.25, 0.3) is 0 Å². The lowest BCUT2D eigenvalue weighted by molar-refractivity contribution is 0.00199. The maximum Gasteiger partial charge on any atom is 0.129 e. The van der Waals surface area contributed by atoms with Gasteiger partial charge in [0, 0.05) is 0 Å². The minimum absolute atomic E-state index is 0.222. The molecule has 1 aromatic carbocycles. The number of hydrogen-bond acceptors (Lipinski definition) is 2. The molecule has 2 nitrogen and oxygen atoms in total. The van der Waals surface area contributed by atoms with E-state index in [-0.39, 0.29) is 5.60 Å². The van der Waals surface area contributed by atoms with E-state index < -0.39 is 0 Å². The van der Waals surface area contributed by atoms with E-state index in [1.807, 2.05) is 32.9 Å². The van der Waals surface area contributed by atoms with Gasteiger partial charge in [-0.05, 0) is 33.3 Å². The first-order valence-corrected chi connectivity index (χ1v) is 4.75. The van der Waals surface area contributed by atoms with Gasteiger partial charge in [0.15, 0.2) is 0 Å². The lowest BCUT2D eigenvalue weighted by Crippen LogP contribution is -2.15. The van der Waals surface area contributed by atoms with Gasteiger partial charge in [-0.25, -0.2) is 0 Å². The fourth-order valence-electron chi connectivity index (χ4n) is 0.996. The molecule has 0 N–H and O–H groups in total. The molecule has 0 amide bonds. The van der Waals surface area contributed by atoms with Gasteiger partial charge in [0.1, 0.15) is 5.60 Å². The van der Waals surface area contributed by atoms with Crippen LogP contribution in [0, 0.1) is 6.92 Å². The number of rotatable bonds is 2. The van der Waals surface area contributed by atoms with Crippen molar-refractivity contribution in [3.63, 3.8) is 0 Å². The molecule has 0 fully saturated rings. The third-order valence-corrected chi connectivity index (χ3v) is 1.57. The summed E-state index contributed by atoms with van der Waals surface area (Å²) in [7, 11) is 0. The molecular formula is C12H17NO. The van der Waals surface area contributed by atoms with Crippen molar-refractivity contribution in [3.05, 3.63) is 35.4 Å². The van der Waals surface area contributed by atoms with Crippen LogP contribution in [0.1, 0.15) is 31.9 Å².